The van der Waals surface area contributed by atoms with Gasteiger partial charge in [0.1, 0.15) is 5.75 Å². The van der Waals surface area contributed by atoms with Gasteiger partial charge in [-0.15, -0.1) is 0 Å². The minimum absolute atomic E-state index is 0.508. The Kier molecular flexibility index (Phi) is 4.36. The lowest BCUT2D eigenvalue weighted by atomic mass is 10.1. The number of hydrogen-bond donors (Lipinski definition) is 1. The van der Waals surface area contributed by atoms with Crippen LogP contribution in [-0.2, 0) is 6.42 Å². The molecule has 0 amide bonds. The molecule has 0 atom stereocenters. The lowest BCUT2D eigenvalue weighted by Crippen LogP contribution is -2.09. The van der Waals surface area contributed by atoms with Crippen LogP contribution < -0.4 is 10.5 Å². The Morgan fingerprint density at radius 3 is 2.73 bits per heavy atom. The summed E-state index contributed by atoms with van der Waals surface area (Å²) in [7, 11) is 1.65. The van der Waals surface area contributed by atoms with E-state index >= 15 is 0 Å². The van der Waals surface area contributed by atoms with E-state index in [1.807, 2.05) is 19.1 Å². The predicted molar refractivity (Wildman–Crippen MR) is 67.8 cm³/mol. The van der Waals surface area contributed by atoms with Gasteiger partial charge in [0.15, 0.2) is 0 Å². The largest absolute Gasteiger partial charge is 0.496 e. The van der Waals surface area contributed by atoms with Crippen LogP contribution in [0, 0.1) is 6.92 Å². The minimum atomic E-state index is 0.508. The zero-order valence-electron chi connectivity index (χ0n) is 8.84. The molecule has 82 valence electrons. The van der Waals surface area contributed by atoms with Gasteiger partial charge in [-0.3, -0.25) is 0 Å². The number of methoxy groups -OCH3 is 1. The number of aryl methyl sites for hydroxylation is 2. The van der Waals surface area contributed by atoms with Crippen molar-refractivity contribution in [2.24, 2.45) is 5.73 Å². The third kappa shape index (κ3) is 3.36. The number of benzene rings is 1. The highest BCUT2D eigenvalue weighted by Crippen LogP contribution is 2.27. The van der Waals surface area contributed by atoms with Crippen molar-refractivity contribution in [2.45, 2.75) is 19.8 Å². The highest BCUT2D eigenvalue weighted by molar-refractivity contribution is 7.80. The molecule has 0 radical (unpaired) electrons. The van der Waals surface area contributed by atoms with E-state index in [9.17, 15) is 0 Å². The van der Waals surface area contributed by atoms with Crippen molar-refractivity contribution in [1.82, 2.24) is 0 Å². The van der Waals surface area contributed by atoms with Crippen LogP contribution in [0.3, 0.4) is 0 Å². The molecule has 0 heterocycles. The van der Waals surface area contributed by atoms with Crippen LogP contribution in [-0.4, -0.2) is 12.1 Å². The van der Waals surface area contributed by atoms with E-state index in [2.05, 4.69) is 0 Å². The second-order valence-corrected chi connectivity index (χ2v) is 4.31. The van der Waals surface area contributed by atoms with Gasteiger partial charge in [-0.1, -0.05) is 23.8 Å². The molecule has 1 aromatic carbocycles. The van der Waals surface area contributed by atoms with Crippen molar-refractivity contribution in [2.75, 3.05) is 7.11 Å². The summed E-state index contributed by atoms with van der Waals surface area (Å²) in [5.74, 6) is 0.841. The fourth-order valence-electron chi connectivity index (χ4n) is 1.34. The Bertz CT molecular complexity index is 379. The van der Waals surface area contributed by atoms with Gasteiger partial charge in [0.25, 0.3) is 0 Å². The maximum Gasteiger partial charge on any atom is 0.122 e. The summed E-state index contributed by atoms with van der Waals surface area (Å²) in [6.07, 6.45) is 1.43. The minimum Gasteiger partial charge on any atom is -0.496 e. The van der Waals surface area contributed by atoms with Crippen molar-refractivity contribution in [3.63, 3.8) is 0 Å². The van der Waals surface area contributed by atoms with E-state index in [0.717, 1.165) is 28.3 Å². The van der Waals surface area contributed by atoms with Gasteiger partial charge in [-0.2, -0.15) is 0 Å². The zero-order valence-corrected chi connectivity index (χ0v) is 10.4. The molecule has 0 aromatic heterocycles. The van der Waals surface area contributed by atoms with Crippen LogP contribution in [0.15, 0.2) is 12.1 Å². The lowest BCUT2D eigenvalue weighted by Gasteiger charge is -2.10. The topological polar surface area (TPSA) is 35.2 Å². The van der Waals surface area contributed by atoms with Gasteiger partial charge >= 0.3 is 0 Å². The molecule has 0 saturated carbocycles. The predicted octanol–water partition coefficient (Wildman–Crippen LogP) is 2.88. The maximum absolute atomic E-state index is 6.04. The molecule has 0 saturated heterocycles. The van der Waals surface area contributed by atoms with Crippen LogP contribution in [0.25, 0.3) is 0 Å². The van der Waals surface area contributed by atoms with Crippen LogP contribution >= 0.6 is 23.8 Å². The molecule has 0 aliphatic rings. The summed E-state index contributed by atoms with van der Waals surface area (Å²) in [6.45, 7) is 1.95. The standard InChI is InChI=1S/C11H14ClNOS/c1-7-5-10(14-2)8(6-9(7)12)3-4-11(13)15/h5-6H,3-4H2,1-2H3,(H2,13,15). The molecule has 0 spiro atoms. The van der Waals surface area contributed by atoms with E-state index in [-0.39, 0.29) is 0 Å². The summed E-state index contributed by atoms with van der Waals surface area (Å²) < 4.78 is 5.27. The third-order valence-electron chi connectivity index (χ3n) is 2.20. The molecule has 0 aliphatic heterocycles. The van der Waals surface area contributed by atoms with Gasteiger partial charge in [-0.05, 0) is 36.6 Å². The maximum atomic E-state index is 6.04. The molecule has 15 heavy (non-hydrogen) atoms. The first-order valence-corrected chi connectivity index (χ1v) is 5.44. The van der Waals surface area contributed by atoms with Gasteiger partial charge in [0, 0.05) is 11.4 Å². The van der Waals surface area contributed by atoms with Crippen molar-refractivity contribution < 1.29 is 4.74 Å². The molecular weight excluding hydrogens is 230 g/mol. The number of hydrogen-bond acceptors (Lipinski definition) is 2. The van der Waals surface area contributed by atoms with Crippen molar-refractivity contribution in [1.29, 1.82) is 0 Å². The number of nitrogens with two attached hydrogens (primary N) is 1. The Morgan fingerprint density at radius 2 is 2.20 bits per heavy atom. The first-order chi connectivity index (χ1) is 7.04. The first-order valence-electron chi connectivity index (χ1n) is 4.66. The normalized spacial score (nSPS) is 10.1. The second kappa shape index (κ2) is 5.33. The van der Waals surface area contributed by atoms with E-state index in [0.29, 0.717) is 11.4 Å². The Hall–Kier alpha value is -0.800. The number of thiocarbonyl (C=S) groups is 1. The smallest absolute Gasteiger partial charge is 0.122 e. The summed E-state index contributed by atoms with van der Waals surface area (Å²) in [4.78, 5) is 0.508. The first kappa shape index (κ1) is 12.3. The van der Waals surface area contributed by atoms with Crippen LogP contribution in [0.4, 0.5) is 0 Å². The molecule has 0 aliphatic carbocycles. The van der Waals surface area contributed by atoms with Crippen molar-refractivity contribution in [3.05, 3.63) is 28.3 Å². The monoisotopic (exact) mass is 243 g/mol. The summed E-state index contributed by atoms with van der Waals surface area (Å²) in [5.41, 5.74) is 7.51. The highest BCUT2D eigenvalue weighted by atomic mass is 35.5. The summed E-state index contributed by atoms with van der Waals surface area (Å²) in [6, 6.07) is 3.84. The Balaban J connectivity index is 2.94. The van der Waals surface area contributed by atoms with Crippen LogP contribution in [0.1, 0.15) is 17.5 Å². The summed E-state index contributed by atoms with van der Waals surface area (Å²) in [5, 5.41) is 0.744. The third-order valence-corrected chi connectivity index (χ3v) is 2.81. The summed E-state index contributed by atoms with van der Waals surface area (Å²) >= 11 is 10.9. The quantitative estimate of drug-likeness (QED) is 0.826. The molecule has 0 bridgehead atoms. The van der Waals surface area contributed by atoms with E-state index < -0.39 is 0 Å². The molecule has 0 fully saturated rings. The number of rotatable bonds is 4. The second-order valence-electron chi connectivity index (χ2n) is 3.38. The van der Waals surface area contributed by atoms with Gasteiger partial charge in [0.05, 0.1) is 12.1 Å². The molecular formula is C11H14ClNOS. The van der Waals surface area contributed by atoms with Crippen LogP contribution in [0.2, 0.25) is 5.02 Å². The van der Waals surface area contributed by atoms with E-state index in [1.165, 1.54) is 0 Å². The molecule has 1 aromatic rings. The van der Waals surface area contributed by atoms with Gasteiger partial charge < -0.3 is 10.5 Å². The molecule has 2 N–H and O–H groups in total. The van der Waals surface area contributed by atoms with Crippen molar-refractivity contribution in [3.8, 4) is 5.75 Å². The van der Waals surface area contributed by atoms with Crippen molar-refractivity contribution >= 4 is 28.8 Å². The number of ether oxygens (including phenoxy) is 1. The zero-order chi connectivity index (χ0) is 11.4. The Labute approximate surface area is 100 Å². The highest BCUT2D eigenvalue weighted by Gasteiger charge is 2.07. The fourth-order valence-corrected chi connectivity index (χ4v) is 1.63. The molecule has 2 nitrogen and oxygen atoms in total. The van der Waals surface area contributed by atoms with Gasteiger partial charge in [0.2, 0.25) is 0 Å². The molecule has 0 unspecified atom stereocenters. The van der Waals surface area contributed by atoms with Crippen LogP contribution in [0.5, 0.6) is 5.75 Å². The SMILES string of the molecule is COc1cc(C)c(Cl)cc1CCC(N)=S. The average Bonchev–Trinajstić information content (AvgIpc) is 2.19. The van der Waals surface area contributed by atoms with E-state index in [4.69, 9.17) is 34.3 Å². The number of halogens is 1. The average molecular weight is 244 g/mol. The lowest BCUT2D eigenvalue weighted by molar-refractivity contribution is 0.409. The molecule has 4 heteroatoms. The molecule has 1 rings (SSSR count). The Morgan fingerprint density at radius 1 is 1.53 bits per heavy atom. The van der Waals surface area contributed by atoms with E-state index in [1.54, 1.807) is 7.11 Å². The fraction of sp³-hybridized carbons (Fsp3) is 0.364. The van der Waals surface area contributed by atoms with Gasteiger partial charge in [-0.25, -0.2) is 0 Å².